The first-order valence-corrected chi connectivity index (χ1v) is 6.69. The maximum Gasteiger partial charge on any atom is 0.0702 e. The normalized spacial score (nSPS) is 26.6. The number of rotatable bonds is 6. The number of ether oxygens (including phenoxy) is 1. The zero-order chi connectivity index (χ0) is 12.0. The van der Waals surface area contributed by atoms with Crippen molar-refractivity contribution < 1.29 is 4.74 Å². The molecule has 1 rings (SSSR count). The molecular formula is C13H28N2O. The molecule has 1 heterocycles. The Kier molecular flexibility index (Phi) is 6.32. The SMILES string of the molecule is CCOC1CCCN(C(C)C(C)CNC)C1. The van der Waals surface area contributed by atoms with Crippen molar-refractivity contribution in [1.29, 1.82) is 0 Å². The number of hydrogen-bond donors (Lipinski definition) is 1. The van der Waals surface area contributed by atoms with Gasteiger partial charge in [-0.3, -0.25) is 4.90 Å². The predicted octanol–water partition coefficient (Wildman–Crippen LogP) is 1.73. The van der Waals surface area contributed by atoms with Crippen molar-refractivity contribution in [3.63, 3.8) is 0 Å². The van der Waals surface area contributed by atoms with Gasteiger partial charge in [0.1, 0.15) is 0 Å². The molecule has 1 aliphatic heterocycles. The Morgan fingerprint density at radius 3 is 2.81 bits per heavy atom. The Balaban J connectivity index is 2.39. The van der Waals surface area contributed by atoms with Crippen molar-refractivity contribution in [2.45, 2.75) is 45.8 Å². The molecular weight excluding hydrogens is 200 g/mol. The van der Waals surface area contributed by atoms with Gasteiger partial charge in [-0.2, -0.15) is 0 Å². The summed E-state index contributed by atoms with van der Waals surface area (Å²) in [7, 11) is 2.03. The summed E-state index contributed by atoms with van der Waals surface area (Å²) in [6.45, 7) is 11.0. The average molecular weight is 228 g/mol. The van der Waals surface area contributed by atoms with E-state index < -0.39 is 0 Å². The molecule has 3 heteroatoms. The minimum atomic E-state index is 0.461. The van der Waals surface area contributed by atoms with Gasteiger partial charge in [-0.1, -0.05) is 6.92 Å². The maximum atomic E-state index is 5.75. The van der Waals surface area contributed by atoms with Gasteiger partial charge in [0.05, 0.1) is 6.10 Å². The van der Waals surface area contributed by atoms with Crippen LogP contribution in [0.15, 0.2) is 0 Å². The van der Waals surface area contributed by atoms with Gasteiger partial charge in [0.25, 0.3) is 0 Å². The van der Waals surface area contributed by atoms with Crippen LogP contribution in [0, 0.1) is 5.92 Å². The zero-order valence-electron chi connectivity index (χ0n) is 11.3. The largest absolute Gasteiger partial charge is 0.377 e. The molecule has 0 aliphatic carbocycles. The molecule has 1 aliphatic rings. The monoisotopic (exact) mass is 228 g/mol. The standard InChI is InChI=1S/C13H28N2O/c1-5-16-13-7-6-8-15(10-13)12(3)11(2)9-14-4/h11-14H,5-10H2,1-4H3. The Morgan fingerprint density at radius 1 is 1.44 bits per heavy atom. The molecule has 0 aromatic carbocycles. The molecule has 1 N–H and O–H groups in total. The lowest BCUT2D eigenvalue weighted by atomic mass is 9.98. The van der Waals surface area contributed by atoms with E-state index in [1.807, 2.05) is 7.05 Å². The van der Waals surface area contributed by atoms with E-state index in [9.17, 15) is 0 Å². The van der Waals surface area contributed by atoms with Gasteiger partial charge in [0.2, 0.25) is 0 Å². The second kappa shape index (κ2) is 7.25. The number of likely N-dealkylation sites (tertiary alicyclic amines) is 1. The summed E-state index contributed by atoms with van der Waals surface area (Å²) in [6.07, 6.45) is 2.97. The zero-order valence-corrected chi connectivity index (χ0v) is 11.3. The van der Waals surface area contributed by atoms with Crippen LogP contribution < -0.4 is 5.32 Å². The van der Waals surface area contributed by atoms with Crippen LogP contribution in [0.4, 0.5) is 0 Å². The highest BCUT2D eigenvalue weighted by Crippen LogP contribution is 2.19. The third-order valence-electron chi connectivity index (χ3n) is 3.74. The van der Waals surface area contributed by atoms with E-state index in [4.69, 9.17) is 4.74 Å². The highest BCUT2D eigenvalue weighted by Gasteiger charge is 2.26. The molecule has 3 unspecified atom stereocenters. The van der Waals surface area contributed by atoms with Crippen molar-refractivity contribution >= 4 is 0 Å². The third kappa shape index (κ3) is 4.04. The van der Waals surface area contributed by atoms with E-state index in [-0.39, 0.29) is 0 Å². The van der Waals surface area contributed by atoms with Gasteiger partial charge >= 0.3 is 0 Å². The lowest BCUT2D eigenvalue weighted by molar-refractivity contribution is -0.0119. The molecule has 0 aromatic rings. The Bertz CT molecular complexity index is 181. The van der Waals surface area contributed by atoms with Crippen molar-refractivity contribution in [3.8, 4) is 0 Å². The summed E-state index contributed by atoms with van der Waals surface area (Å²) in [5.74, 6) is 0.699. The summed E-state index contributed by atoms with van der Waals surface area (Å²) in [5, 5.41) is 3.27. The molecule has 0 saturated carbocycles. The van der Waals surface area contributed by atoms with Gasteiger partial charge in [-0.25, -0.2) is 0 Å². The van der Waals surface area contributed by atoms with Crippen LogP contribution in [0.2, 0.25) is 0 Å². The molecule has 3 nitrogen and oxygen atoms in total. The summed E-state index contributed by atoms with van der Waals surface area (Å²) < 4.78 is 5.75. The molecule has 0 aromatic heterocycles. The first-order chi connectivity index (χ1) is 7.69. The van der Waals surface area contributed by atoms with Gasteiger partial charge in [-0.15, -0.1) is 0 Å². The maximum absolute atomic E-state index is 5.75. The lowest BCUT2D eigenvalue weighted by Crippen LogP contribution is -2.48. The fraction of sp³-hybridized carbons (Fsp3) is 1.00. The van der Waals surface area contributed by atoms with Gasteiger partial charge in [-0.05, 0) is 52.7 Å². The molecule has 0 spiro atoms. The van der Waals surface area contributed by atoms with E-state index in [2.05, 4.69) is 31.0 Å². The van der Waals surface area contributed by atoms with Crippen LogP contribution in [0.3, 0.4) is 0 Å². The number of nitrogens with one attached hydrogen (secondary N) is 1. The number of piperidine rings is 1. The second-order valence-electron chi connectivity index (χ2n) is 4.99. The Hall–Kier alpha value is -0.120. The van der Waals surface area contributed by atoms with Crippen LogP contribution in [0.1, 0.15) is 33.6 Å². The fourth-order valence-electron chi connectivity index (χ4n) is 2.56. The van der Waals surface area contributed by atoms with E-state index >= 15 is 0 Å². The van der Waals surface area contributed by atoms with E-state index in [0.29, 0.717) is 18.1 Å². The average Bonchev–Trinajstić information content (AvgIpc) is 2.29. The van der Waals surface area contributed by atoms with Gasteiger partial charge in [0, 0.05) is 19.2 Å². The van der Waals surface area contributed by atoms with Crippen molar-refractivity contribution in [2.24, 2.45) is 5.92 Å². The molecule has 96 valence electrons. The third-order valence-corrected chi connectivity index (χ3v) is 3.74. The molecule has 0 radical (unpaired) electrons. The first-order valence-electron chi connectivity index (χ1n) is 6.69. The van der Waals surface area contributed by atoms with Crippen molar-refractivity contribution in [1.82, 2.24) is 10.2 Å². The summed E-state index contributed by atoms with van der Waals surface area (Å²) in [5.41, 5.74) is 0. The van der Waals surface area contributed by atoms with E-state index in [1.54, 1.807) is 0 Å². The predicted molar refractivity (Wildman–Crippen MR) is 68.8 cm³/mol. The number of nitrogens with zero attached hydrogens (tertiary/aromatic N) is 1. The lowest BCUT2D eigenvalue weighted by Gasteiger charge is -2.39. The second-order valence-corrected chi connectivity index (χ2v) is 4.99. The van der Waals surface area contributed by atoms with Gasteiger partial charge < -0.3 is 10.1 Å². The quantitative estimate of drug-likeness (QED) is 0.749. The molecule has 0 amide bonds. The van der Waals surface area contributed by atoms with Crippen LogP contribution in [0.5, 0.6) is 0 Å². The van der Waals surface area contributed by atoms with Gasteiger partial charge in [0.15, 0.2) is 0 Å². The topological polar surface area (TPSA) is 24.5 Å². The minimum Gasteiger partial charge on any atom is -0.377 e. The Labute approximate surface area is 101 Å². The van der Waals surface area contributed by atoms with Crippen molar-refractivity contribution in [3.05, 3.63) is 0 Å². The highest BCUT2D eigenvalue weighted by atomic mass is 16.5. The van der Waals surface area contributed by atoms with Crippen LogP contribution in [0.25, 0.3) is 0 Å². The molecule has 1 saturated heterocycles. The molecule has 16 heavy (non-hydrogen) atoms. The van der Waals surface area contributed by atoms with Crippen LogP contribution in [-0.4, -0.2) is 50.3 Å². The molecule has 3 atom stereocenters. The van der Waals surface area contributed by atoms with E-state index in [1.165, 1.54) is 19.4 Å². The first kappa shape index (κ1) is 13.9. The Morgan fingerprint density at radius 2 is 2.19 bits per heavy atom. The van der Waals surface area contributed by atoms with Crippen LogP contribution >= 0.6 is 0 Å². The summed E-state index contributed by atoms with van der Waals surface area (Å²) >= 11 is 0. The van der Waals surface area contributed by atoms with Crippen molar-refractivity contribution in [2.75, 3.05) is 33.3 Å². The highest BCUT2D eigenvalue weighted by molar-refractivity contribution is 4.80. The minimum absolute atomic E-state index is 0.461. The summed E-state index contributed by atoms with van der Waals surface area (Å²) in [6, 6.07) is 0.649. The van der Waals surface area contributed by atoms with Crippen LogP contribution in [-0.2, 0) is 4.74 Å². The molecule has 0 bridgehead atoms. The smallest absolute Gasteiger partial charge is 0.0702 e. The molecule has 1 fully saturated rings. The summed E-state index contributed by atoms with van der Waals surface area (Å²) in [4.78, 5) is 2.59. The fourth-order valence-corrected chi connectivity index (χ4v) is 2.56. The number of hydrogen-bond acceptors (Lipinski definition) is 3. The van der Waals surface area contributed by atoms with E-state index in [0.717, 1.165) is 19.7 Å².